The number of carbonyl (C=O) groups is 1. The van der Waals surface area contributed by atoms with Crippen LogP contribution in [0, 0.1) is 0 Å². The summed E-state index contributed by atoms with van der Waals surface area (Å²) < 4.78 is 11.4. The van der Waals surface area contributed by atoms with Gasteiger partial charge in [0, 0.05) is 11.1 Å². The first-order valence-electron chi connectivity index (χ1n) is 7.36. The van der Waals surface area contributed by atoms with E-state index in [1.807, 2.05) is 19.9 Å². The average Bonchev–Trinajstić information content (AvgIpc) is 3.00. The van der Waals surface area contributed by atoms with E-state index in [0.29, 0.717) is 42.4 Å². The molecule has 0 spiro atoms. The molecule has 7 nitrogen and oxygen atoms in total. The van der Waals surface area contributed by atoms with Gasteiger partial charge in [-0.05, 0) is 32.4 Å². The van der Waals surface area contributed by atoms with Gasteiger partial charge in [0.05, 0.1) is 13.2 Å². The van der Waals surface area contributed by atoms with Crippen LogP contribution in [-0.4, -0.2) is 34.5 Å². The van der Waals surface area contributed by atoms with Gasteiger partial charge < -0.3 is 15.2 Å². The molecule has 2 aromatic rings. The first-order valence-corrected chi connectivity index (χ1v) is 7.36. The van der Waals surface area contributed by atoms with Crippen molar-refractivity contribution in [2.24, 2.45) is 5.73 Å². The molecule has 1 aromatic carbocycles. The Kier molecular flexibility index (Phi) is 5.35. The van der Waals surface area contributed by atoms with Crippen LogP contribution in [0.5, 0.6) is 11.5 Å². The average molecular weight is 316 g/mol. The molecule has 0 aliphatic rings. The van der Waals surface area contributed by atoms with Gasteiger partial charge in [-0.1, -0.05) is 6.08 Å². The summed E-state index contributed by atoms with van der Waals surface area (Å²) in [5, 5.41) is 10.3. The molecule has 0 aliphatic carbocycles. The minimum atomic E-state index is -0.647. The van der Waals surface area contributed by atoms with Gasteiger partial charge in [-0.3, -0.25) is 4.79 Å². The van der Waals surface area contributed by atoms with Gasteiger partial charge >= 0.3 is 0 Å². The second-order valence-electron chi connectivity index (χ2n) is 4.71. The SMILES string of the molecule is C=CCc1cc(-c2n[nH]nc2C(N)=O)cc(OCC)c1OCC. The lowest BCUT2D eigenvalue weighted by molar-refractivity contribution is 0.0996. The maximum Gasteiger partial charge on any atom is 0.271 e. The number of ether oxygens (including phenoxy) is 2. The molecule has 0 bridgehead atoms. The van der Waals surface area contributed by atoms with Crippen molar-refractivity contribution >= 4 is 5.91 Å². The van der Waals surface area contributed by atoms with E-state index in [2.05, 4.69) is 22.0 Å². The summed E-state index contributed by atoms with van der Waals surface area (Å²) in [5.41, 5.74) is 7.37. The number of H-pyrrole nitrogens is 1. The number of hydrogen-bond acceptors (Lipinski definition) is 5. The third-order valence-corrected chi connectivity index (χ3v) is 3.14. The molecule has 23 heavy (non-hydrogen) atoms. The highest BCUT2D eigenvalue weighted by molar-refractivity contribution is 5.96. The van der Waals surface area contributed by atoms with Crippen LogP contribution in [0.4, 0.5) is 0 Å². The van der Waals surface area contributed by atoms with Crippen molar-refractivity contribution in [1.82, 2.24) is 15.4 Å². The summed E-state index contributed by atoms with van der Waals surface area (Å²) in [6, 6.07) is 3.64. The second kappa shape index (κ2) is 7.44. The number of aromatic amines is 1. The highest BCUT2D eigenvalue weighted by Crippen LogP contribution is 2.37. The number of nitrogens with zero attached hydrogens (tertiary/aromatic N) is 2. The van der Waals surface area contributed by atoms with E-state index < -0.39 is 5.91 Å². The molecular formula is C16H20N4O3. The van der Waals surface area contributed by atoms with Crippen molar-refractivity contribution in [3.05, 3.63) is 36.0 Å². The van der Waals surface area contributed by atoms with Gasteiger partial charge in [0.25, 0.3) is 5.91 Å². The maximum atomic E-state index is 11.5. The van der Waals surface area contributed by atoms with E-state index in [-0.39, 0.29) is 5.69 Å². The maximum absolute atomic E-state index is 11.5. The van der Waals surface area contributed by atoms with E-state index in [9.17, 15) is 4.79 Å². The zero-order valence-electron chi connectivity index (χ0n) is 13.3. The van der Waals surface area contributed by atoms with Crippen LogP contribution in [0.25, 0.3) is 11.3 Å². The predicted molar refractivity (Wildman–Crippen MR) is 86.6 cm³/mol. The quantitative estimate of drug-likeness (QED) is 0.726. The standard InChI is InChI=1S/C16H20N4O3/c1-4-7-10-8-11(13-14(16(17)21)19-20-18-13)9-12(22-5-2)15(10)23-6-3/h4,8-9H,1,5-7H2,2-3H3,(H2,17,21)(H,18,19,20). The molecular weight excluding hydrogens is 296 g/mol. The minimum absolute atomic E-state index is 0.0844. The van der Waals surface area contributed by atoms with Crippen molar-refractivity contribution in [2.75, 3.05) is 13.2 Å². The van der Waals surface area contributed by atoms with E-state index >= 15 is 0 Å². The number of rotatable bonds is 8. The summed E-state index contributed by atoms with van der Waals surface area (Å²) in [7, 11) is 0. The van der Waals surface area contributed by atoms with Crippen LogP contribution >= 0.6 is 0 Å². The predicted octanol–water partition coefficient (Wildman–Crippen LogP) is 2.10. The number of amides is 1. The molecule has 7 heteroatoms. The summed E-state index contributed by atoms with van der Waals surface area (Å²) >= 11 is 0. The number of nitrogens with one attached hydrogen (secondary N) is 1. The first-order chi connectivity index (χ1) is 11.1. The molecule has 3 N–H and O–H groups in total. The zero-order valence-corrected chi connectivity index (χ0v) is 13.3. The zero-order chi connectivity index (χ0) is 16.8. The fraction of sp³-hybridized carbons (Fsp3) is 0.312. The van der Waals surface area contributed by atoms with Crippen LogP contribution in [0.2, 0.25) is 0 Å². The van der Waals surface area contributed by atoms with E-state index in [1.54, 1.807) is 12.1 Å². The van der Waals surface area contributed by atoms with Crippen molar-refractivity contribution < 1.29 is 14.3 Å². The Morgan fingerprint density at radius 1 is 1.30 bits per heavy atom. The lowest BCUT2D eigenvalue weighted by atomic mass is 10.0. The van der Waals surface area contributed by atoms with Crippen LogP contribution in [0.3, 0.4) is 0 Å². The number of nitrogens with two attached hydrogens (primary N) is 1. The van der Waals surface area contributed by atoms with Crippen LogP contribution < -0.4 is 15.2 Å². The molecule has 0 radical (unpaired) electrons. The lowest BCUT2D eigenvalue weighted by Gasteiger charge is -2.16. The summed E-state index contributed by atoms with van der Waals surface area (Å²) in [6.07, 6.45) is 2.36. The highest BCUT2D eigenvalue weighted by atomic mass is 16.5. The molecule has 0 aliphatic heterocycles. The number of carbonyl (C=O) groups excluding carboxylic acids is 1. The first kappa shape index (κ1) is 16.5. The van der Waals surface area contributed by atoms with Gasteiger partial charge in [0.2, 0.25) is 0 Å². The minimum Gasteiger partial charge on any atom is -0.490 e. The van der Waals surface area contributed by atoms with Crippen molar-refractivity contribution in [1.29, 1.82) is 0 Å². The fourth-order valence-electron chi connectivity index (χ4n) is 2.28. The van der Waals surface area contributed by atoms with Gasteiger partial charge in [0.1, 0.15) is 5.69 Å². The molecule has 0 atom stereocenters. The molecule has 1 aromatic heterocycles. The van der Waals surface area contributed by atoms with Gasteiger partial charge in [0.15, 0.2) is 17.2 Å². The van der Waals surface area contributed by atoms with Crippen LogP contribution in [0.15, 0.2) is 24.8 Å². The Labute approximate surface area is 134 Å². The number of allylic oxidation sites excluding steroid dienone is 1. The Hall–Kier alpha value is -2.83. The lowest BCUT2D eigenvalue weighted by Crippen LogP contribution is -2.13. The highest BCUT2D eigenvalue weighted by Gasteiger charge is 2.19. The summed E-state index contributed by atoms with van der Waals surface area (Å²) in [5.74, 6) is 0.607. The molecule has 2 rings (SSSR count). The Morgan fingerprint density at radius 3 is 2.65 bits per heavy atom. The topological polar surface area (TPSA) is 103 Å². The van der Waals surface area contributed by atoms with Crippen LogP contribution in [-0.2, 0) is 6.42 Å². The molecule has 0 saturated carbocycles. The third kappa shape index (κ3) is 3.50. The number of hydrogen-bond donors (Lipinski definition) is 2. The second-order valence-corrected chi connectivity index (χ2v) is 4.71. The molecule has 0 fully saturated rings. The van der Waals surface area contributed by atoms with E-state index in [4.69, 9.17) is 15.2 Å². The number of aromatic nitrogens is 3. The van der Waals surface area contributed by atoms with E-state index in [0.717, 1.165) is 5.56 Å². The summed E-state index contributed by atoms with van der Waals surface area (Å²) in [4.78, 5) is 11.5. The third-order valence-electron chi connectivity index (χ3n) is 3.14. The largest absolute Gasteiger partial charge is 0.490 e. The summed E-state index contributed by atoms with van der Waals surface area (Å²) in [6.45, 7) is 8.56. The molecule has 0 unspecified atom stereocenters. The number of benzene rings is 1. The fourth-order valence-corrected chi connectivity index (χ4v) is 2.28. The normalized spacial score (nSPS) is 10.3. The Bertz CT molecular complexity index is 709. The molecule has 0 saturated heterocycles. The van der Waals surface area contributed by atoms with Gasteiger partial charge in [-0.15, -0.1) is 6.58 Å². The van der Waals surface area contributed by atoms with E-state index in [1.165, 1.54) is 0 Å². The Morgan fingerprint density at radius 2 is 2.04 bits per heavy atom. The van der Waals surface area contributed by atoms with Gasteiger partial charge in [-0.25, -0.2) is 0 Å². The molecule has 122 valence electrons. The molecule has 1 heterocycles. The monoisotopic (exact) mass is 316 g/mol. The van der Waals surface area contributed by atoms with Crippen molar-refractivity contribution in [3.8, 4) is 22.8 Å². The van der Waals surface area contributed by atoms with Crippen molar-refractivity contribution in [3.63, 3.8) is 0 Å². The molecule has 1 amide bonds. The van der Waals surface area contributed by atoms with Gasteiger partial charge in [-0.2, -0.15) is 15.4 Å². The van der Waals surface area contributed by atoms with Crippen LogP contribution in [0.1, 0.15) is 29.9 Å². The number of primary amides is 1. The van der Waals surface area contributed by atoms with Crippen molar-refractivity contribution in [2.45, 2.75) is 20.3 Å². The smallest absolute Gasteiger partial charge is 0.271 e. The Balaban J connectivity index is 2.62.